The van der Waals surface area contributed by atoms with Crippen molar-refractivity contribution in [2.45, 2.75) is 58.5 Å². The zero-order valence-corrected chi connectivity index (χ0v) is 13.9. The summed E-state index contributed by atoms with van der Waals surface area (Å²) in [7, 11) is 0. The second-order valence-electron chi connectivity index (χ2n) is 5.78. The van der Waals surface area contributed by atoms with Crippen molar-refractivity contribution in [1.29, 1.82) is 0 Å². The van der Waals surface area contributed by atoms with Crippen LogP contribution in [0.25, 0.3) is 0 Å². The van der Waals surface area contributed by atoms with Crippen LogP contribution in [-0.4, -0.2) is 13.1 Å². The van der Waals surface area contributed by atoms with E-state index < -0.39 is 34.9 Å². The summed E-state index contributed by atoms with van der Waals surface area (Å²) in [5.41, 5.74) is -2.68. The highest BCUT2D eigenvalue weighted by Gasteiger charge is 2.41. The molecule has 0 bridgehead atoms. The number of anilines is 1. The lowest BCUT2D eigenvalue weighted by molar-refractivity contribution is -0.142. The van der Waals surface area contributed by atoms with E-state index in [4.69, 9.17) is 0 Å². The first-order valence-corrected chi connectivity index (χ1v) is 8.23. The summed E-state index contributed by atoms with van der Waals surface area (Å²) in [6.45, 7) is 4.50. The zero-order valence-electron chi connectivity index (χ0n) is 13.9. The van der Waals surface area contributed by atoms with Gasteiger partial charge in [-0.25, -0.2) is 13.2 Å². The molecule has 1 nitrogen and oxygen atoms in total. The van der Waals surface area contributed by atoms with Gasteiger partial charge in [0.05, 0.1) is 5.69 Å². The Hall–Kier alpha value is -1.40. The third-order valence-electron chi connectivity index (χ3n) is 3.82. The number of nitrogens with zero attached hydrogens (tertiary/aromatic N) is 1. The van der Waals surface area contributed by atoms with E-state index in [0.717, 1.165) is 25.7 Å². The minimum atomic E-state index is -5.29. The van der Waals surface area contributed by atoms with Gasteiger partial charge >= 0.3 is 6.18 Å². The Balaban J connectivity index is 3.18. The van der Waals surface area contributed by atoms with Crippen LogP contribution in [0.3, 0.4) is 0 Å². The van der Waals surface area contributed by atoms with Crippen LogP contribution in [0.5, 0.6) is 0 Å². The quantitative estimate of drug-likeness (QED) is 0.285. The van der Waals surface area contributed by atoms with Crippen LogP contribution in [0.4, 0.5) is 32.0 Å². The summed E-state index contributed by atoms with van der Waals surface area (Å²) in [5, 5.41) is 0. The minimum Gasteiger partial charge on any atom is -0.369 e. The average Bonchev–Trinajstić information content (AvgIpc) is 2.49. The predicted octanol–water partition coefficient (Wildman–Crippen LogP) is 6.31. The SMILES string of the molecule is CCCCCCN(CCCC)c1cc(F)c(F)c(C(F)(F)F)c1F. The second kappa shape index (κ2) is 9.18. The number of rotatable bonds is 9. The van der Waals surface area contributed by atoms with Crippen molar-refractivity contribution in [3.63, 3.8) is 0 Å². The maximum absolute atomic E-state index is 14.3. The summed E-state index contributed by atoms with van der Waals surface area (Å²) in [6.07, 6.45) is -0.490. The van der Waals surface area contributed by atoms with E-state index in [1.807, 2.05) is 13.8 Å². The molecule has 0 atom stereocenters. The van der Waals surface area contributed by atoms with Crippen LogP contribution in [0.1, 0.15) is 57.9 Å². The molecular formula is C17H23F6N. The molecule has 0 aliphatic heterocycles. The van der Waals surface area contributed by atoms with Crippen LogP contribution in [0.2, 0.25) is 0 Å². The molecule has 0 amide bonds. The standard InChI is InChI=1S/C17H23F6N/c1-3-5-7-8-10-24(9-6-4-2)13-11-12(18)15(19)14(16(13)20)17(21,22)23/h11H,3-10H2,1-2H3. The fraction of sp³-hybridized carbons (Fsp3) is 0.647. The number of halogens is 6. The highest BCUT2D eigenvalue weighted by molar-refractivity contribution is 5.52. The molecule has 0 heterocycles. The van der Waals surface area contributed by atoms with Gasteiger partial charge in [-0.3, -0.25) is 0 Å². The molecular weight excluding hydrogens is 332 g/mol. The maximum atomic E-state index is 14.3. The Bertz CT molecular complexity index is 527. The molecule has 0 spiro atoms. The maximum Gasteiger partial charge on any atom is 0.422 e. The smallest absolute Gasteiger partial charge is 0.369 e. The minimum absolute atomic E-state index is 0.294. The summed E-state index contributed by atoms with van der Waals surface area (Å²) in [6, 6.07) is 0.523. The van der Waals surface area contributed by atoms with Crippen molar-refractivity contribution in [2.24, 2.45) is 0 Å². The number of unbranched alkanes of at least 4 members (excludes halogenated alkanes) is 4. The molecule has 0 radical (unpaired) electrons. The van der Waals surface area contributed by atoms with Crippen molar-refractivity contribution in [3.05, 3.63) is 29.1 Å². The number of benzene rings is 1. The van der Waals surface area contributed by atoms with Crippen molar-refractivity contribution < 1.29 is 26.3 Å². The summed E-state index contributed by atoms with van der Waals surface area (Å²) in [4.78, 5) is 1.38. The van der Waals surface area contributed by atoms with Crippen LogP contribution >= 0.6 is 0 Å². The average molecular weight is 355 g/mol. The van der Waals surface area contributed by atoms with E-state index in [9.17, 15) is 26.3 Å². The number of alkyl halides is 3. The van der Waals surface area contributed by atoms with Gasteiger partial charge in [-0.05, 0) is 12.8 Å². The largest absolute Gasteiger partial charge is 0.422 e. The first kappa shape index (κ1) is 20.6. The Labute approximate surface area is 138 Å². The van der Waals surface area contributed by atoms with Crippen LogP contribution in [0.15, 0.2) is 6.07 Å². The summed E-state index contributed by atoms with van der Waals surface area (Å²) >= 11 is 0. The molecule has 24 heavy (non-hydrogen) atoms. The molecule has 0 aromatic heterocycles. The van der Waals surface area contributed by atoms with E-state index in [1.54, 1.807) is 0 Å². The van der Waals surface area contributed by atoms with Gasteiger partial charge in [0.2, 0.25) is 0 Å². The van der Waals surface area contributed by atoms with Gasteiger partial charge in [0.25, 0.3) is 0 Å². The lowest BCUT2D eigenvalue weighted by Gasteiger charge is -2.26. The molecule has 7 heteroatoms. The Morgan fingerprint density at radius 1 is 0.833 bits per heavy atom. The van der Waals surface area contributed by atoms with Crippen LogP contribution in [0, 0.1) is 17.5 Å². The molecule has 1 aromatic rings. The molecule has 0 fully saturated rings. The van der Waals surface area contributed by atoms with E-state index in [-0.39, 0.29) is 0 Å². The molecule has 0 N–H and O–H groups in total. The Morgan fingerprint density at radius 2 is 1.42 bits per heavy atom. The molecule has 0 aliphatic rings. The normalized spacial score (nSPS) is 11.8. The van der Waals surface area contributed by atoms with Crippen molar-refractivity contribution in [1.82, 2.24) is 0 Å². The van der Waals surface area contributed by atoms with Gasteiger partial charge in [0.15, 0.2) is 17.5 Å². The monoisotopic (exact) mass is 355 g/mol. The predicted molar refractivity (Wildman–Crippen MR) is 82.6 cm³/mol. The van der Waals surface area contributed by atoms with Crippen molar-refractivity contribution in [3.8, 4) is 0 Å². The van der Waals surface area contributed by atoms with E-state index in [2.05, 4.69) is 0 Å². The fourth-order valence-corrected chi connectivity index (χ4v) is 2.50. The summed E-state index contributed by atoms with van der Waals surface area (Å²) in [5.74, 6) is -5.62. The Morgan fingerprint density at radius 3 is 1.96 bits per heavy atom. The molecule has 0 unspecified atom stereocenters. The van der Waals surface area contributed by atoms with Crippen molar-refractivity contribution >= 4 is 5.69 Å². The van der Waals surface area contributed by atoms with Gasteiger partial charge in [-0.15, -0.1) is 0 Å². The van der Waals surface area contributed by atoms with E-state index in [0.29, 0.717) is 32.0 Å². The summed E-state index contributed by atoms with van der Waals surface area (Å²) < 4.78 is 80.0. The van der Waals surface area contributed by atoms with Crippen molar-refractivity contribution in [2.75, 3.05) is 18.0 Å². The molecule has 1 rings (SSSR count). The van der Waals surface area contributed by atoms with Gasteiger partial charge in [-0.2, -0.15) is 13.2 Å². The fourth-order valence-electron chi connectivity index (χ4n) is 2.50. The zero-order chi connectivity index (χ0) is 18.3. The first-order chi connectivity index (χ1) is 11.2. The molecule has 0 saturated carbocycles. The highest BCUT2D eigenvalue weighted by Crippen LogP contribution is 2.38. The van der Waals surface area contributed by atoms with Gasteiger partial charge in [-0.1, -0.05) is 39.5 Å². The van der Waals surface area contributed by atoms with E-state index in [1.165, 1.54) is 4.90 Å². The third kappa shape index (κ3) is 5.31. The van der Waals surface area contributed by atoms with E-state index >= 15 is 0 Å². The molecule has 0 aliphatic carbocycles. The van der Waals surface area contributed by atoms with Gasteiger partial charge in [0, 0.05) is 19.2 Å². The lowest BCUT2D eigenvalue weighted by atomic mass is 10.1. The van der Waals surface area contributed by atoms with Gasteiger partial charge < -0.3 is 4.90 Å². The highest BCUT2D eigenvalue weighted by atomic mass is 19.4. The van der Waals surface area contributed by atoms with Gasteiger partial charge in [0.1, 0.15) is 5.56 Å². The second-order valence-corrected chi connectivity index (χ2v) is 5.78. The molecule has 1 aromatic carbocycles. The molecule has 138 valence electrons. The lowest BCUT2D eigenvalue weighted by Crippen LogP contribution is -2.28. The first-order valence-electron chi connectivity index (χ1n) is 8.23. The molecule has 0 saturated heterocycles. The number of hydrogen-bond acceptors (Lipinski definition) is 1. The van der Waals surface area contributed by atoms with Crippen LogP contribution in [-0.2, 0) is 6.18 Å². The number of hydrogen-bond donors (Lipinski definition) is 0. The topological polar surface area (TPSA) is 3.24 Å². The third-order valence-corrected chi connectivity index (χ3v) is 3.82. The van der Waals surface area contributed by atoms with Crippen LogP contribution < -0.4 is 4.90 Å². The Kier molecular flexibility index (Phi) is 7.90.